The lowest BCUT2D eigenvalue weighted by molar-refractivity contribution is -0.120. The maximum Gasteiger partial charge on any atom is 0.228 e. The van der Waals surface area contributed by atoms with Gasteiger partial charge in [-0.05, 0) is 25.1 Å². The lowest BCUT2D eigenvalue weighted by Crippen LogP contribution is -2.34. The van der Waals surface area contributed by atoms with Crippen LogP contribution in [0.2, 0.25) is 5.02 Å². The molecule has 0 saturated carbocycles. The summed E-state index contributed by atoms with van der Waals surface area (Å²) in [4.78, 5) is 23.1. The third-order valence-corrected chi connectivity index (χ3v) is 2.99. The van der Waals surface area contributed by atoms with E-state index in [1.165, 1.54) is 6.92 Å². The molecule has 5 nitrogen and oxygen atoms in total. The number of halogens is 2. The average molecular weight is 320 g/mol. The summed E-state index contributed by atoms with van der Waals surface area (Å²) in [6.45, 7) is 4.89. The molecule has 0 fully saturated rings. The molecule has 0 aliphatic carbocycles. The molecule has 0 bridgehead atoms. The lowest BCUT2D eigenvalue weighted by atomic mass is 10.0. The zero-order valence-corrected chi connectivity index (χ0v) is 13.1. The summed E-state index contributed by atoms with van der Waals surface area (Å²) in [5, 5.41) is 5.82. The molecule has 1 aromatic carbocycles. The molecule has 1 rings (SSSR count). The van der Waals surface area contributed by atoms with E-state index in [1.54, 1.807) is 32.0 Å². The van der Waals surface area contributed by atoms with Crippen LogP contribution in [0.5, 0.6) is 0 Å². The average Bonchev–Trinajstić information content (AvgIpc) is 2.31. The van der Waals surface area contributed by atoms with Crippen LogP contribution in [0.4, 0.5) is 11.4 Å². The molecule has 0 aliphatic rings. The standard InChI is InChI=1S/C13H18ClN3O2.ClH/c1-7(8(2)15)13(19)17-12-6-10(14)4-5-11(12)16-9(3)18;/h4-8H,15H2,1-3H3,(H,16,18)(H,17,19);1H. The molecule has 112 valence electrons. The quantitative estimate of drug-likeness (QED) is 0.797. The zero-order valence-electron chi connectivity index (χ0n) is 11.6. The summed E-state index contributed by atoms with van der Waals surface area (Å²) in [7, 11) is 0. The van der Waals surface area contributed by atoms with Crippen molar-refractivity contribution in [2.45, 2.75) is 26.8 Å². The number of carbonyl (C=O) groups is 2. The highest BCUT2D eigenvalue weighted by Crippen LogP contribution is 2.26. The summed E-state index contributed by atoms with van der Waals surface area (Å²) < 4.78 is 0. The predicted molar refractivity (Wildman–Crippen MR) is 84.4 cm³/mol. The minimum atomic E-state index is -0.343. The number of nitrogens with two attached hydrogens (primary N) is 1. The Morgan fingerprint density at radius 2 is 1.80 bits per heavy atom. The Balaban J connectivity index is 0.00000361. The van der Waals surface area contributed by atoms with Crippen LogP contribution < -0.4 is 16.4 Å². The van der Waals surface area contributed by atoms with Gasteiger partial charge in [0.1, 0.15) is 0 Å². The first kappa shape index (κ1) is 18.7. The van der Waals surface area contributed by atoms with Crippen molar-refractivity contribution in [1.29, 1.82) is 0 Å². The van der Waals surface area contributed by atoms with Crippen LogP contribution in [-0.2, 0) is 9.59 Å². The minimum absolute atomic E-state index is 0. The zero-order chi connectivity index (χ0) is 14.6. The molecule has 7 heteroatoms. The fourth-order valence-corrected chi connectivity index (χ4v) is 1.58. The van der Waals surface area contributed by atoms with Gasteiger partial charge in [-0.3, -0.25) is 9.59 Å². The first-order valence-corrected chi connectivity index (χ1v) is 6.32. The van der Waals surface area contributed by atoms with Crippen LogP contribution >= 0.6 is 24.0 Å². The van der Waals surface area contributed by atoms with Gasteiger partial charge in [-0.2, -0.15) is 0 Å². The van der Waals surface area contributed by atoms with E-state index in [9.17, 15) is 9.59 Å². The fourth-order valence-electron chi connectivity index (χ4n) is 1.40. The highest BCUT2D eigenvalue weighted by molar-refractivity contribution is 6.31. The fraction of sp³-hybridized carbons (Fsp3) is 0.385. The van der Waals surface area contributed by atoms with Crippen molar-refractivity contribution in [3.8, 4) is 0 Å². The Labute approximate surface area is 129 Å². The van der Waals surface area contributed by atoms with Gasteiger partial charge in [-0.1, -0.05) is 18.5 Å². The van der Waals surface area contributed by atoms with Crippen LogP contribution in [-0.4, -0.2) is 17.9 Å². The van der Waals surface area contributed by atoms with E-state index >= 15 is 0 Å². The molecule has 0 spiro atoms. The van der Waals surface area contributed by atoms with Gasteiger partial charge in [0.05, 0.1) is 17.3 Å². The van der Waals surface area contributed by atoms with Crippen molar-refractivity contribution in [3.05, 3.63) is 23.2 Å². The number of carbonyl (C=O) groups excluding carboxylic acids is 2. The number of benzene rings is 1. The summed E-state index contributed by atoms with van der Waals surface area (Å²) in [5.74, 6) is -0.786. The molecule has 2 amide bonds. The number of amides is 2. The van der Waals surface area contributed by atoms with Crippen molar-refractivity contribution in [2.75, 3.05) is 10.6 Å². The van der Waals surface area contributed by atoms with E-state index in [-0.39, 0.29) is 36.2 Å². The molecule has 0 radical (unpaired) electrons. The summed E-state index contributed by atoms with van der Waals surface area (Å²) >= 11 is 5.89. The molecule has 20 heavy (non-hydrogen) atoms. The summed E-state index contributed by atoms with van der Waals surface area (Å²) in [6.07, 6.45) is 0. The van der Waals surface area contributed by atoms with E-state index in [0.29, 0.717) is 16.4 Å². The van der Waals surface area contributed by atoms with Gasteiger partial charge in [0.15, 0.2) is 0 Å². The van der Waals surface area contributed by atoms with Crippen molar-refractivity contribution in [2.24, 2.45) is 11.7 Å². The van der Waals surface area contributed by atoms with Gasteiger partial charge >= 0.3 is 0 Å². The number of anilines is 2. The number of rotatable bonds is 4. The van der Waals surface area contributed by atoms with Gasteiger partial charge in [-0.25, -0.2) is 0 Å². The first-order valence-electron chi connectivity index (χ1n) is 5.95. The monoisotopic (exact) mass is 319 g/mol. The van der Waals surface area contributed by atoms with Crippen LogP contribution in [0.15, 0.2) is 18.2 Å². The second-order valence-electron chi connectivity index (χ2n) is 4.51. The van der Waals surface area contributed by atoms with Gasteiger partial charge in [0.25, 0.3) is 0 Å². The maximum absolute atomic E-state index is 12.0. The normalized spacial score (nSPS) is 12.8. The number of hydrogen-bond acceptors (Lipinski definition) is 3. The Morgan fingerprint density at radius 3 is 2.30 bits per heavy atom. The van der Waals surface area contributed by atoms with E-state index in [2.05, 4.69) is 10.6 Å². The smallest absolute Gasteiger partial charge is 0.228 e. The molecule has 2 unspecified atom stereocenters. The van der Waals surface area contributed by atoms with Gasteiger partial charge in [0.2, 0.25) is 11.8 Å². The topological polar surface area (TPSA) is 84.2 Å². The number of hydrogen-bond donors (Lipinski definition) is 3. The third-order valence-electron chi connectivity index (χ3n) is 2.75. The van der Waals surface area contributed by atoms with Crippen molar-refractivity contribution in [1.82, 2.24) is 0 Å². The molecule has 1 aromatic rings. The third kappa shape index (κ3) is 5.36. The summed E-state index contributed by atoms with van der Waals surface area (Å²) in [5.41, 5.74) is 6.64. The second-order valence-corrected chi connectivity index (χ2v) is 4.94. The van der Waals surface area contributed by atoms with Crippen LogP contribution in [0.1, 0.15) is 20.8 Å². The summed E-state index contributed by atoms with van der Waals surface area (Å²) in [6, 6.07) is 4.59. The molecule has 0 aliphatic heterocycles. The van der Waals surface area contributed by atoms with Gasteiger partial charge in [-0.15, -0.1) is 12.4 Å². The minimum Gasteiger partial charge on any atom is -0.327 e. The van der Waals surface area contributed by atoms with E-state index < -0.39 is 0 Å². The predicted octanol–water partition coefficient (Wildman–Crippen LogP) is 2.64. The largest absolute Gasteiger partial charge is 0.327 e. The molecule has 0 saturated heterocycles. The SMILES string of the molecule is CC(=O)Nc1ccc(Cl)cc1NC(=O)C(C)C(C)N.Cl. The van der Waals surface area contributed by atoms with E-state index in [0.717, 1.165) is 0 Å². The number of nitrogens with one attached hydrogen (secondary N) is 2. The Kier molecular flexibility index (Phi) is 7.57. The van der Waals surface area contributed by atoms with E-state index in [1.807, 2.05) is 0 Å². The highest BCUT2D eigenvalue weighted by Gasteiger charge is 2.18. The molecular formula is C13H19Cl2N3O2. The van der Waals surface area contributed by atoms with Crippen LogP contribution in [0.3, 0.4) is 0 Å². The molecule has 2 atom stereocenters. The van der Waals surface area contributed by atoms with Crippen LogP contribution in [0.25, 0.3) is 0 Å². The Hall–Kier alpha value is -1.30. The maximum atomic E-state index is 12.0. The first-order chi connectivity index (χ1) is 8.81. The van der Waals surface area contributed by atoms with Crippen molar-refractivity contribution < 1.29 is 9.59 Å². The molecule has 4 N–H and O–H groups in total. The molecular weight excluding hydrogens is 301 g/mol. The van der Waals surface area contributed by atoms with E-state index in [4.69, 9.17) is 17.3 Å². The highest BCUT2D eigenvalue weighted by atomic mass is 35.5. The Morgan fingerprint density at radius 1 is 1.20 bits per heavy atom. The molecule has 0 heterocycles. The Bertz CT molecular complexity index is 493. The van der Waals surface area contributed by atoms with Gasteiger partial charge < -0.3 is 16.4 Å². The molecule has 0 aromatic heterocycles. The van der Waals surface area contributed by atoms with Crippen molar-refractivity contribution >= 4 is 47.2 Å². The van der Waals surface area contributed by atoms with Crippen LogP contribution in [0, 0.1) is 5.92 Å². The lowest BCUT2D eigenvalue weighted by Gasteiger charge is -2.17. The van der Waals surface area contributed by atoms with Gasteiger partial charge in [0, 0.05) is 18.0 Å². The van der Waals surface area contributed by atoms with Crippen molar-refractivity contribution in [3.63, 3.8) is 0 Å². The second kappa shape index (κ2) is 8.09.